The second-order valence-corrected chi connectivity index (χ2v) is 6.58. The molecule has 0 atom stereocenters. The second-order valence-electron chi connectivity index (χ2n) is 5.71. The van der Waals surface area contributed by atoms with E-state index >= 15 is 0 Å². The molecule has 2 aromatic rings. The predicted octanol–water partition coefficient (Wildman–Crippen LogP) is 2.43. The Kier molecular flexibility index (Phi) is 3.53. The smallest absolute Gasteiger partial charge is 0.185 e. The van der Waals surface area contributed by atoms with Crippen LogP contribution in [0.1, 0.15) is 11.1 Å². The molecule has 1 saturated heterocycles. The van der Waals surface area contributed by atoms with Gasteiger partial charge in [-0.25, -0.2) is 4.98 Å². The molecule has 1 aromatic carbocycles. The summed E-state index contributed by atoms with van der Waals surface area (Å²) in [6.45, 7) is 6.53. The van der Waals surface area contributed by atoms with Crippen LogP contribution in [0.3, 0.4) is 0 Å². The van der Waals surface area contributed by atoms with E-state index in [0.717, 1.165) is 44.4 Å². The van der Waals surface area contributed by atoms with Gasteiger partial charge in [-0.2, -0.15) is 0 Å². The van der Waals surface area contributed by atoms with Crippen LogP contribution in [0.15, 0.2) is 29.8 Å². The molecule has 4 rings (SSSR count). The van der Waals surface area contributed by atoms with Crippen molar-refractivity contribution >= 4 is 22.2 Å². The lowest BCUT2D eigenvalue weighted by molar-refractivity contribution is 0.250. The second kappa shape index (κ2) is 5.66. The number of nitrogens with zero attached hydrogens (tertiary/aromatic N) is 3. The molecule has 0 radical (unpaired) electrons. The van der Waals surface area contributed by atoms with E-state index in [0.29, 0.717) is 0 Å². The number of benzene rings is 1. The van der Waals surface area contributed by atoms with Gasteiger partial charge in [-0.15, -0.1) is 11.3 Å². The van der Waals surface area contributed by atoms with Gasteiger partial charge in [0.2, 0.25) is 0 Å². The van der Waals surface area contributed by atoms with E-state index in [-0.39, 0.29) is 0 Å². The molecule has 1 fully saturated rings. The maximum atomic E-state index is 4.41. The lowest BCUT2D eigenvalue weighted by Crippen LogP contribution is -2.46. The Balaban J connectivity index is 1.40. The number of aromatic nitrogens is 1. The Labute approximate surface area is 129 Å². The van der Waals surface area contributed by atoms with E-state index in [1.807, 2.05) is 6.20 Å². The third-order valence-electron chi connectivity index (χ3n) is 4.39. The van der Waals surface area contributed by atoms with Crippen LogP contribution in [-0.2, 0) is 13.0 Å². The molecule has 0 unspecified atom stereocenters. The Morgan fingerprint density at radius 3 is 2.90 bits per heavy atom. The number of piperazine rings is 1. The van der Waals surface area contributed by atoms with Gasteiger partial charge in [0.1, 0.15) is 0 Å². The van der Waals surface area contributed by atoms with E-state index in [1.54, 1.807) is 11.3 Å². The van der Waals surface area contributed by atoms with Crippen LogP contribution >= 0.6 is 11.3 Å². The first-order valence-corrected chi connectivity index (χ1v) is 8.49. The number of thiazole rings is 1. The molecule has 1 N–H and O–H groups in total. The molecule has 5 heteroatoms. The van der Waals surface area contributed by atoms with Crippen molar-refractivity contribution in [3.63, 3.8) is 0 Å². The summed E-state index contributed by atoms with van der Waals surface area (Å²) in [5.41, 5.74) is 4.32. The highest BCUT2D eigenvalue weighted by Gasteiger charge is 2.21. The topological polar surface area (TPSA) is 31.4 Å². The highest BCUT2D eigenvalue weighted by atomic mass is 32.1. The minimum absolute atomic E-state index is 1.06. The third-order valence-corrected chi connectivity index (χ3v) is 5.22. The fourth-order valence-corrected chi connectivity index (χ4v) is 3.95. The summed E-state index contributed by atoms with van der Waals surface area (Å²) in [6, 6.07) is 6.72. The quantitative estimate of drug-likeness (QED) is 0.943. The number of nitrogens with one attached hydrogen (secondary N) is 1. The lowest BCUT2D eigenvalue weighted by atomic mass is 10.1. The standard InChI is InChI=1S/C16H20N4S/c1-2-13-4-5-17-15(13)14(3-1)12-19-7-9-20(10-8-19)16-18-6-11-21-16/h1-3,6,11,17H,4-5,7-10,12H2. The monoisotopic (exact) mass is 300 g/mol. The van der Waals surface area contributed by atoms with Crippen molar-refractivity contribution in [3.8, 4) is 0 Å². The summed E-state index contributed by atoms with van der Waals surface area (Å²) in [5.74, 6) is 0. The van der Waals surface area contributed by atoms with Gasteiger partial charge in [0.15, 0.2) is 5.13 Å². The molecule has 2 aliphatic heterocycles. The Morgan fingerprint density at radius 1 is 1.19 bits per heavy atom. The van der Waals surface area contributed by atoms with Gasteiger partial charge in [0, 0.05) is 56.5 Å². The van der Waals surface area contributed by atoms with Crippen molar-refractivity contribution < 1.29 is 0 Å². The van der Waals surface area contributed by atoms with Gasteiger partial charge in [-0.05, 0) is 17.5 Å². The number of para-hydroxylation sites is 1. The first-order valence-electron chi connectivity index (χ1n) is 7.61. The van der Waals surface area contributed by atoms with E-state index < -0.39 is 0 Å². The molecule has 3 heterocycles. The number of anilines is 2. The molecule has 110 valence electrons. The third kappa shape index (κ3) is 2.63. The fourth-order valence-electron chi connectivity index (χ4n) is 3.25. The molecule has 0 aliphatic carbocycles. The zero-order valence-electron chi connectivity index (χ0n) is 12.1. The van der Waals surface area contributed by atoms with Crippen molar-refractivity contribution in [1.82, 2.24) is 9.88 Å². The van der Waals surface area contributed by atoms with Gasteiger partial charge in [0.25, 0.3) is 0 Å². The van der Waals surface area contributed by atoms with Gasteiger partial charge < -0.3 is 10.2 Å². The zero-order valence-corrected chi connectivity index (χ0v) is 12.9. The highest BCUT2D eigenvalue weighted by molar-refractivity contribution is 7.13. The van der Waals surface area contributed by atoms with Gasteiger partial charge >= 0.3 is 0 Å². The highest BCUT2D eigenvalue weighted by Crippen LogP contribution is 2.28. The van der Waals surface area contributed by atoms with Crippen LogP contribution in [0, 0.1) is 0 Å². The predicted molar refractivity (Wildman–Crippen MR) is 88.2 cm³/mol. The van der Waals surface area contributed by atoms with Crippen LogP contribution in [0.2, 0.25) is 0 Å². The van der Waals surface area contributed by atoms with Crippen LogP contribution < -0.4 is 10.2 Å². The summed E-state index contributed by atoms with van der Waals surface area (Å²) < 4.78 is 0. The molecular formula is C16H20N4S. The molecule has 4 nitrogen and oxygen atoms in total. The van der Waals surface area contributed by atoms with Gasteiger partial charge in [-0.3, -0.25) is 4.90 Å². The molecule has 0 amide bonds. The largest absolute Gasteiger partial charge is 0.384 e. The zero-order chi connectivity index (χ0) is 14.1. The number of hydrogen-bond acceptors (Lipinski definition) is 5. The maximum absolute atomic E-state index is 4.41. The van der Waals surface area contributed by atoms with Gasteiger partial charge in [-0.1, -0.05) is 18.2 Å². The van der Waals surface area contributed by atoms with Crippen molar-refractivity contribution in [2.24, 2.45) is 0 Å². The molecule has 0 saturated carbocycles. The average Bonchev–Trinajstić information content (AvgIpc) is 3.20. The van der Waals surface area contributed by atoms with Crippen molar-refractivity contribution in [2.45, 2.75) is 13.0 Å². The number of hydrogen-bond donors (Lipinski definition) is 1. The molecule has 2 aliphatic rings. The molecule has 21 heavy (non-hydrogen) atoms. The minimum atomic E-state index is 1.06. The van der Waals surface area contributed by atoms with Crippen molar-refractivity contribution in [2.75, 3.05) is 42.9 Å². The van der Waals surface area contributed by atoms with E-state index in [4.69, 9.17) is 0 Å². The van der Waals surface area contributed by atoms with Crippen LogP contribution in [-0.4, -0.2) is 42.6 Å². The summed E-state index contributed by atoms with van der Waals surface area (Å²) in [6.07, 6.45) is 3.06. The molecule has 0 bridgehead atoms. The molecule has 0 spiro atoms. The Hall–Kier alpha value is -1.59. The van der Waals surface area contributed by atoms with Crippen molar-refractivity contribution in [3.05, 3.63) is 40.9 Å². The summed E-state index contributed by atoms with van der Waals surface area (Å²) >= 11 is 1.74. The number of rotatable bonds is 3. The first-order chi connectivity index (χ1) is 10.4. The molecule has 1 aromatic heterocycles. The van der Waals surface area contributed by atoms with Crippen LogP contribution in [0.4, 0.5) is 10.8 Å². The average molecular weight is 300 g/mol. The lowest BCUT2D eigenvalue weighted by Gasteiger charge is -2.34. The molecular weight excluding hydrogens is 280 g/mol. The first kappa shape index (κ1) is 13.1. The minimum Gasteiger partial charge on any atom is -0.384 e. The van der Waals surface area contributed by atoms with E-state index in [2.05, 4.69) is 43.7 Å². The Morgan fingerprint density at radius 2 is 2.10 bits per heavy atom. The Bertz CT molecular complexity index is 603. The summed E-state index contributed by atoms with van der Waals surface area (Å²) in [4.78, 5) is 9.37. The normalized spacial score (nSPS) is 18.6. The fraction of sp³-hybridized carbons (Fsp3) is 0.438. The summed E-state index contributed by atoms with van der Waals surface area (Å²) in [7, 11) is 0. The van der Waals surface area contributed by atoms with E-state index in [1.165, 1.54) is 23.2 Å². The van der Waals surface area contributed by atoms with Crippen LogP contribution in [0.5, 0.6) is 0 Å². The van der Waals surface area contributed by atoms with Crippen molar-refractivity contribution in [1.29, 1.82) is 0 Å². The van der Waals surface area contributed by atoms with E-state index in [9.17, 15) is 0 Å². The number of fused-ring (bicyclic) bond motifs is 1. The maximum Gasteiger partial charge on any atom is 0.185 e. The summed E-state index contributed by atoms with van der Waals surface area (Å²) in [5, 5.41) is 6.76. The SMILES string of the molecule is c1cc2c(c(CN3CCN(c4nccs4)CC3)c1)NCC2. The van der Waals surface area contributed by atoms with Gasteiger partial charge in [0.05, 0.1) is 0 Å². The van der Waals surface area contributed by atoms with Crippen LogP contribution in [0.25, 0.3) is 0 Å².